The van der Waals surface area contributed by atoms with Crippen molar-refractivity contribution in [3.63, 3.8) is 0 Å². The van der Waals surface area contributed by atoms with Crippen molar-refractivity contribution in [2.75, 3.05) is 44.8 Å². The molecule has 0 saturated heterocycles. The van der Waals surface area contributed by atoms with Crippen LogP contribution in [-0.4, -0.2) is 51.2 Å². The van der Waals surface area contributed by atoms with Gasteiger partial charge in [-0.1, -0.05) is 18.1 Å². The van der Waals surface area contributed by atoms with E-state index in [1.165, 1.54) is 5.56 Å². The topological polar surface area (TPSA) is 68.8 Å². The molecule has 0 saturated carbocycles. The van der Waals surface area contributed by atoms with Gasteiger partial charge in [-0.25, -0.2) is 4.79 Å². The number of nitrogens with one attached hydrogen (secondary N) is 2. The summed E-state index contributed by atoms with van der Waals surface area (Å²) in [6.45, 7) is 8.48. The highest BCUT2D eigenvalue weighted by molar-refractivity contribution is 5.67. The van der Waals surface area contributed by atoms with Crippen molar-refractivity contribution in [1.82, 2.24) is 5.32 Å². The molecule has 1 amide bonds. The summed E-state index contributed by atoms with van der Waals surface area (Å²) in [6.07, 6.45) is 5.62. The fraction of sp³-hybridized carbons (Fsp3) is 0.550. The van der Waals surface area contributed by atoms with Gasteiger partial charge < -0.3 is 24.8 Å². The molecule has 0 aromatic heterocycles. The van der Waals surface area contributed by atoms with Gasteiger partial charge in [0.2, 0.25) is 0 Å². The Hall–Kier alpha value is -2.23. The zero-order valence-corrected chi connectivity index (χ0v) is 16.0. The SMILES string of the molecule is C#CCNc1ccc(CCOCCOCCNC(=O)OC(C)(C)C)cc1. The van der Waals surface area contributed by atoms with Gasteiger partial charge in [-0.3, -0.25) is 0 Å². The lowest BCUT2D eigenvalue weighted by Gasteiger charge is -2.19. The number of anilines is 1. The first-order chi connectivity index (χ1) is 12.4. The lowest BCUT2D eigenvalue weighted by Crippen LogP contribution is -2.34. The van der Waals surface area contributed by atoms with E-state index in [-0.39, 0.29) is 0 Å². The van der Waals surface area contributed by atoms with Crippen LogP contribution in [0.3, 0.4) is 0 Å². The molecule has 6 heteroatoms. The number of carbonyl (C=O) groups excluding carboxylic acids is 1. The minimum atomic E-state index is -0.489. The van der Waals surface area contributed by atoms with E-state index in [1.54, 1.807) is 0 Å². The second kappa shape index (κ2) is 12.2. The summed E-state index contributed by atoms with van der Waals surface area (Å²) < 4.78 is 16.1. The molecule has 1 rings (SSSR count). The second-order valence-corrected chi connectivity index (χ2v) is 6.66. The highest BCUT2D eigenvalue weighted by Gasteiger charge is 2.15. The first-order valence-corrected chi connectivity index (χ1v) is 8.79. The fourth-order valence-electron chi connectivity index (χ4n) is 1.99. The van der Waals surface area contributed by atoms with Gasteiger partial charge in [-0.2, -0.15) is 0 Å². The predicted octanol–water partition coefficient (Wildman–Crippen LogP) is 2.83. The Labute approximate surface area is 156 Å². The van der Waals surface area contributed by atoms with Crippen molar-refractivity contribution in [2.24, 2.45) is 0 Å². The van der Waals surface area contributed by atoms with E-state index >= 15 is 0 Å². The summed E-state index contributed by atoms with van der Waals surface area (Å²) in [5, 5.41) is 5.76. The average Bonchev–Trinajstić information content (AvgIpc) is 2.58. The zero-order valence-electron chi connectivity index (χ0n) is 16.0. The van der Waals surface area contributed by atoms with E-state index in [0.717, 1.165) is 12.1 Å². The smallest absolute Gasteiger partial charge is 0.407 e. The third kappa shape index (κ3) is 11.3. The van der Waals surface area contributed by atoms with Gasteiger partial charge in [0.25, 0.3) is 0 Å². The van der Waals surface area contributed by atoms with Crippen LogP contribution in [0.4, 0.5) is 10.5 Å². The molecular weight excluding hydrogens is 332 g/mol. The van der Waals surface area contributed by atoms with Crippen LogP contribution in [0, 0.1) is 12.3 Å². The van der Waals surface area contributed by atoms with Crippen molar-refractivity contribution in [3.05, 3.63) is 29.8 Å². The van der Waals surface area contributed by atoms with Crippen molar-refractivity contribution in [3.8, 4) is 12.3 Å². The molecule has 2 N–H and O–H groups in total. The largest absolute Gasteiger partial charge is 0.444 e. The lowest BCUT2D eigenvalue weighted by atomic mass is 10.1. The summed E-state index contributed by atoms with van der Waals surface area (Å²) in [5.74, 6) is 2.54. The monoisotopic (exact) mass is 362 g/mol. The molecule has 0 heterocycles. The Morgan fingerprint density at radius 2 is 1.73 bits per heavy atom. The van der Waals surface area contributed by atoms with Gasteiger partial charge in [0.1, 0.15) is 5.60 Å². The first-order valence-electron chi connectivity index (χ1n) is 8.79. The van der Waals surface area contributed by atoms with Crippen LogP contribution in [0.1, 0.15) is 26.3 Å². The number of hydrogen-bond donors (Lipinski definition) is 2. The number of ether oxygens (including phenoxy) is 3. The summed E-state index contributed by atoms with van der Waals surface area (Å²) in [5.41, 5.74) is 1.73. The van der Waals surface area contributed by atoms with Crippen LogP contribution in [0.15, 0.2) is 24.3 Å². The Morgan fingerprint density at radius 1 is 1.08 bits per heavy atom. The van der Waals surface area contributed by atoms with Crippen LogP contribution in [0.2, 0.25) is 0 Å². The fourth-order valence-corrected chi connectivity index (χ4v) is 1.99. The van der Waals surface area contributed by atoms with Crippen molar-refractivity contribution in [1.29, 1.82) is 0 Å². The van der Waals surface area contributed by atoms with E-state index in [0.29, 0.717) is 39.5 Å². The minimum Gasteiger partial charge on any atom is -0.444 e. The Balaban J connectivity index is 1.98. The molecule has 0 spiro atoms. The minimum absolute atomic E-state index is 0.412. The molecule has 0 bridgehead atoms. The van der Waals surface area contributed by atoms with Crippen LogP contribution < -0.4 is 10.6 Å². The van der Waals surface area contributed by atoms with Crippen molar-refractivity contribution in [2.45, 2.75) is 32.8 Å². The summed E-state index contributed by atoms with van der Waals surface area (Å²) >= 11 is 0. The maximum Gasteiger partial charge on any atom is 0.407 e. The number of terminal acetylenes is 1. The third-order valence-electron chi connectivity index (χ3n) is 3.17. The number of hydrogen-bond acceptors (Lipinski definition) is 5. The summed E-state index contributed by atoms with van der Waals surface area (Å²) in [7, 11) is 0. The van der Waals surface area contributed by atoms with Gasteiger partial charge in [0.15, 0.2) is 0 Å². The Bertz CT molecular complexity index is 559. The third-order valence-corrected chi connectivity index (χ3v) is 3.17. The molecule has 0 fully saturated rings. The van der Waals surface area contributed by atoms with Crippen LogP contribution in [0.25, 0.3) is 0 Å². The second-order valence-electron chi connectivity index (χ2n) is 6.66. The number of benzene rings is 1. The predicted molar refractivity (Wildman–Crippen MR) is 103 cm³/mol. The van der Waals surface area contributed by atoms with Gasteiger partial charge in [-0.05, 0) is 44.9 Å². The van der Waals surface area contributed by atoms with Crippen LogP contribution in [-0.2, 0) is 20.6 Å². The standard InChI is InChI=1S/C20H30N2O4/c1-5-11-21-18-8-6-17(7-9-18)10-13-24-15-16-25-14-12-22-19(23)26-20(2,3)4/h1,6-9,21H,10-16H2,2-4H3,(H,22,23). The van der Waals surface area contributed by atoms with E-state index in [2.05, 4.69) is 28.7 Å². The molecule has 0 radical (unpaired) electrons. The molecule has 1 aromatic carbocycles. The van der Waals surface area contributed by atoms with Gasteiger partial charge >= 0.3 is 6.09 Å². The van der Waals surface area contributed by atoms with Gasteiger partial charge in [-0.15, -0.1) is 6.42 Å². The molecule has 0 aliphatic carbocycles. The molecular formula is C20H30N2O4. The molecule has 144 valence electrons. The number of rotatable bonds is 11. The molecule has 0 aliphatic heterocycles. The normalized spacial score (nSPS) is 10.8. The highest BCUT2D eigenvalue weighted by atomic mass is 16.6. The molecule has 0 aliphatic rings. The molecule has 26 heavy (non-hydrogen) atoms. The van der Waals surface area contributed by atoms with Crippen LogP contribution >= 0.6 is 0 Å². The number of alkyl carbamates (subject to hydrolysis) is 1. The first kappa shape index (κ1) is 21.8. The van der Waals surface area contributed by atoms with Crippen LogP contribution in [0.5, 0.6) is 0 Å². The molecule has 0 unspecified atom stereocenters. The van der Waals surface area contributed by atoms with E-state index < -0.39 is 11.7 Å². The maximum absolute atomic E-state index is 11.4. The zero-order chi connectivity index (χ0) is 19.3. The number of amides is 1. The van der Waals surface area contributed by atoms with E-state index in [1.807, 2.05) is 32.9 Å². The van der Waals surface area contributed by atoms with E-state index in [4.69, 9.17) is 20.6 Å². The maximum atomic E-state index is 11.4. The molecule has 0 atom stereocenters. The van der Waals surface area contributed by atoms with Gasteiger partial charge in [0.05, 0.1) is 33.0 Å². The highest BCUT2D eigenvalue weighted by Crippen LogP contribution is 2.09. The quantitative estimate of drug-likeness (QED) is 0.468. The summed E-state index contributed by atoms with van der Waals surface area (Å²) in [6, 6.07) is 8.13. The van der Waals surface area contributed by atoms with Gasteiger partial charge in [0, 0.05) is 12.2 Å². The number of carbonyl (C=O) groups is 1. The van der Waals surface area contributed by atoms with E-state index in [9.17, 15) is 4.79 Å². The summed E-state index contributed by atoms with van der Waals surface area (Å²) in [4.78, 5) is 11.4. The van der Waals surface area contributed by atoms with Crippen molar-refractivity contribution < 1.29 is 19.0 Å². The van der Waals surface area contributed by atoms with Crippen molar-refractivity contribution >= 4 is 11.8 Å². The Kier molecular flexibility index (Phi) is 10.2. The average molecular weight is 362 g/mol. The lowest BCUT2D eigenvalue weighted by molar-refractivity contribution is 0.0404. The Morgan fingerprint density at radius 3 is 2.35 bits per heavy atom. The molecule has 1 aromatic rings. The molecule has 6 nitrogen and oxygen atoms in total.